The van der Waals surface area contributed by atoms with Gasteiger partial charge in [-0.25, -0.2) is 0 Å². The number of rotatable bonds is 10. The van der Waals surface area contributed by atoms with Gasteiger partial charge < -0.3 is 26.4 Å². The van der Waals surface area contributed by atoms with Gasteiger partial charge in [0.05, 0.1) is 12.6 Å². The number of carboxylic acids is 1. The molecule has 0 bridgehead atoms. The molecule has 1 aliphatic rings. The van der Waals surface area contributed by atoms with Crippen LogP contribution in [0.1, 0.15) is 26.2 Å². The maximum atomic E-state index is 12.2. The largest absolute Gasteiger partial charge is 0.480 e. The van der Waals surface area contributed by atoms with E-state index in [2.05, 4.69) is 21.3 Å². The number of carboxylic acid groups (broad SMARTS) is 1. The Morgan fingerprint density at radius 2 is 2.00 bits per heavy atom. The lowest BCUT2D eigenvalue weighted by Gasteiger charge is -2.20. The number of thioether (sulfide) groups is 1. The molecule has 0 radical (unpaired) electrons. The van der Waals surface area contributed by atoms with E-state index in [1.807, 2.05) is 6.26 Å². The van der Waals surface area contributed by atoms with Crippen LogP contribution in [0.25, 0.3) is 0 Å². The molecule has 1 fully saturated rings. The predicted molar refractivity (Wildman–Crippen MR) is 94.2 cm³/mol. The van der Waals surface area contributed by atoms with Gasteiger partial charge in [0.15, 0.2) is 0 Å². The molecule has 1 aliphatic heterocycles. The Bertz CT molecular complexity index is 496. The van der Waals surface area contributed by atoms with Crippen LogP contribution in [0.5, 0.6) is 0 Å². The van der Waals surface area contributed by atoms with Crippen molar-refractivity contribution in [2.24, 2.45) is 0 Å². The van der Waals surface area contributed by atoms with E-state index >= 15 is 0 Å². The Hall–Kier alpha value is -1.81. The summed E-state index contributed by atoms with van der Waals surface area (Å²) >= 11 is 1.51. The molecule has 9 nitrogen and oxygen atoms in total. The van der Waals surface area contributed by atoms with E-state index < -0.39 is 29.9 Å². The summed E-state index contributed by atoms with van der Waals surface area (Å²) in [4.78, 5) is 46.9. The minimum absolute atomic E-state index is 0.228. The molecule has 0 spiro atoms. The van der Waals surface area contributed by atoms with Gasteiger partial charge in [-0.2, -0.15) is 11.8 Å². The van der Waals surface area contributed by atoms with Crippen LogP contribution in [0.2, 0.25) is 0 Å². The first-order valence-electron chi connectivity index (χ1n) is 8.17. The number of carbonyl (C=O) groups is 4. The standard InChI is InChI=1S/C15H26N4O5S/c1-9(15(23)24)18-14(22)11(5-7-25-2)19-12(20)8-17-13(21)10-4-3-6-16-10/h9-11,16H,3-8H2,1-2H3,(H,17,21)(H,18,22)(H,19,20)(H,23,24). The second kappa shape index (κ2) is 10.9. The second-order valence-electron chi connectivity index (χ2n) is 5.84. The topological polar surface area (TPSA) is 137 Å². The molecule has 142 valence electrons. The van der Waals surface area contributed by atoms with Crippen LogP contribution < -0.4 is 21.3 Å². The summed E-state index contributed by atoms with van der Waals surface area (Å²) in [6.45, 7) is 1.90. The molecule has 1 saturated heterocycles. The summed E-state index contributed by atoms with van der Waals surface area (Å²) in [6, 6.07) is -2.17. The number of carbonyl (C=O) groups excluding carboxylic acids is 3. The molecule has 10 heteroatoms. The maximum absolute atomic E-state index is 12.2. The first kappa shape index (κ1) is 21.2. The van der Waals surface area contributed by atoms with Gasteiger partial charge in [0.1, 0.15) is 12.1 Å². The van der Waals surface area contributed by atoms with E-state index in [4.69, 9.17) is 5.11 Å². The molecule has 25 heavy (non-hydrogen) atoms. The van der Waals surface area contributed by atoms with Gasteiger partial charge in [-0.1, -0.05) is 0 Å². The quantitative estimate of drug-likeness (QED) is 0.320. The molecule has 0 saturated carbocycles. The summed E-state index contributed by atoms with van der Waals surface area (Å²) in [5.41, 5.74) is 0. The maximum Gasteiger partial charge on any atom is 0.325 e. The first-order chi connectivity index (χ1) is 11.8. The zero-order chi connectivity index (χ0) is 18.8. The lowest BCUT2D eigenvalue weighted by molar-refractivity contribution is -0.141. The summed E-state index contributed by atoms with van der Waals surface area (Å²) in [6.07, 6.45) is 3.89. The van der Waals surface area contributed by atoms with Crippen LogP contribution in [0.4, 0.5) is 0 Å². The third-order valence-corrected chi connectivity index (χ3v) is 4.44. The van der Waals surface area contributed by atoms with Crippen molar-refractivity contribution in [3.63, 3.8) is 0 Å². The fourth-order valence-corrected chi connectivity index (χ4v) is 2.80. The van der Waals surface area contributed by atoms with Crippen LogP contribution in [0.3, 0.4) is 0 Å². The fraction of sp³-hybridized carbons (Fsp3) is 0.733. The fourth-order valence-electron chi connectivity index (χ4n) is 2.32. The van der Waals surface area contributed by atoms with E-state index in [9.17, 15) is 19.2 Å². The molecule has 0 aliphatic carbocycles. The molecular weight excluding hydrogens is 348 g/mol. The predicted octanol–water partition coefficient (Wildman–Crippen LogP) is -1.32. The van der Waals surface area contributed by atoms with E-state index in [-0.39, 0.29) is 18.5 Å². The van der Waals surface area contributed by atoms with Crippen LogP contribution >= 0.6 is 11.8 Å². The van der Waals surface area contributed by atoms with Gasteiger partial charge >= 0.3 is 5.97 Å². The summed E-state index contributed by atoms with van der Waals surface area (Å²) < 4.78 is 0. The summed E-state index contributed by atoms with van der Waals surface area (Å²) in [5.74, 6) is -1.81. The third-order valence-electron chi connectivity index (χ3n) is 3.79. The van der Waals surface area contributed by atoms with Gasteiger partial charge in [-0.3, -0.25) is 19.2 Å². The van der Waals surface area contributed by atoms with Crippen LogP contribution in [-0.2, 0) is 19.2 Å². The van der Waals surface area contributed by atoms with Crippen molar-refractivity contribution in [1.82, 2.24) is 21.3 Å². The van der Waals surface area contributed by atoms with Crippen molar-refractivity contribution in [2.45, 2.75) is 44.3 Å². The minimum Gasteiger partial charge on any atom is -0.480 e. The highest BCUT2D eigenvalue weighted by Gasteiger charge is 2.25. The highest BCUT2D eigenvalue weighted by Crippen LogP contribution is 2.04. The van der Waals surface area contributed by atoms with Gasteiger partial charge in [0.2, 0.25) is 17.7 Å². The molecular formula is C15H26N4O5S. The van der Waals surface area contributed by atoms with Crippen molar-refractivity contribution in [3.05, 3.63) is 0 Å². The average Bonchev–Trinajstić information content (AvgIpc) is 3.10. The van der Waals surface area contributed by atoms with E-state index in [0.717, 1.165) is 19.4 Å². The summed E-state index contributed by atoms with van der Waals surface area (Å²) in [5, 5.41) is 19.3. The van der Waals surface area contributed by atoms with E-state index in [1.54, 1.807) is 0 Å². The second-order valence-corrected chi connectivity index (χ2v) is 6.82. The molecule has 3 amide bonds. The lowest BCUT2D eigenvalue weighted by atomic mass is 10.2. The average molecular weight is 374 g/mol. The Morgan fingerprint density at radius 1 is 1.28 bits per heavy atom. The smallest absolute Gasteiger partial charge is 0.325 e. The van der Waals surface area contributed by atoms with Gasteiger partial charge in [0.25, 0.3) is 0 Å². The highest BCUT2D eigenvalue weighted by molar-refractivity contribution is 7.98. The lowest BCUT2D eigenvalue weighted by Crippen LogP contribution is -2.53. The van der Waals surface area contributed by atoms with Crippen LogP contribution in [0, 0.1) is 0 Å². The van der Waals surface area contributed by atoms with Gasteiger partial charge in [-0.15, -0.1) is 0 Å². The molecule has 0 aromatic carbocycles. The monoisotopic (exact) mass is 374 g/mol. The molecule has 5 N–H and O–H groups in total. The molecule has 3 atom stereocenters. The van der Waals surface area contributed by atoms with Crippen molar-refractivity contribution in [1.29, 1.82) is 0 Å². The Kier molecular flexibility index (Phi) is 9.28. The molecule has 0 aromatic rings. The zero-order valence-electron chi connectivity index (χ0n) is 14.5. The highest BCUT2D eigenvalue weighted by atomic mass is 32.2. The Balaban J connectivity index is 2.48. The van der Waals surface area contributed by atoms with E-state index in [1.165, 1.54) is 18.7 Å². The summed E-state index contributed by atoms with van der Waals surface area (Å²) in [7, 11) is 0. The van der Waals surface area contributed by atoms with Crippen LogP contribution in [-0.4, -0.2) is 72.0 Å². The zero-order valence-corrected chi connectivity index (χ0v) is 15.3. The molecule has 3 unspecified atom stereocenters. The van der Waals surface area contributed by atoms with Crippen molar-refractivity contribution >= 4 is 35.5 Å². The van der Waals surface area contributed by atoms with Gasteiger partial charge in [0, 0.05) is 0 Å². The van der Waals surface area contributed by atoms with E-state index in [0.29, 0.717) is 12.2 Å². The third kappa shape index (κ3) is 7.74. The van der Waals surface area contributed by atoms with Crippen molar-refractivity contribution in [2.75, 3.05) is 25.1 Å². The van der Waals surface area contributed by atoms with Crippen LogP contribution in [0.15, 0.2) is 0 Å². The normalized spacial score (nSPS) is 18.9. The minimum atomic E-state index is -1.15. The number of hydrogen-bond acceptors (Lipinski definition) is 6. The molecule has 1 rings (SSSR count). The Labute approximate surface area is 151 Å². The molecule has 1 heterocycles. The van der Waals surface area contributed by atoms with Crippen molar-refractivity contribution < 1.29 is 24.3 Å². The first-order valence-corrected chi connectivity index (χ1v) is 9.57. The number of aliphatic carboxylic acids is 1. The van der Waals surface area contributed by atoms with Gasteiger partial charge in [-0.05, 0) is 44.7 Å². The number of hydrogen-bond donors (Lipinski definition) is 5. The number of nitrogens with one attached hydrogen (secondary N) is 4. The molecule has 0 aromatic heterocycles. The SMILES string of the molecule is CSCCC(NC(=O)CNC(=O)C1CCCN1)C(=O)NC(C)C(=O)O. The van der Waals surface area contributed by atoms with Crippen molar-refractivity contribution in [3.8, 4) is 0 Å². The Morgan fingerprint density at radius 3 is 2.56 bits per heavy atom. The number of amides is 3.